The molecule has 0 saturated carbocycles. The van der Waals surface area contributed by atoms with Crippen LogP contribution in [-0.2, 0) is 4.79 Å². The summed E-state index contributed by atoms with van der Waals surface area (Å²) in [7, 11) is 0. The molecule has 1 aromatic carbocycles. The fourth-order valence-electron chi connectivity index (χ4n) is 1.64. The first kappa shape index (κ1) is 15.0. The molecular formula is C14H21ClN2O. The quantitative estimate of drug-likeness (QED) is 0.834. The van der Waals surface area contributed by atoms with E-state index in [1.165, 1.54) is 0 Å². The third-order valence-electron chi connectivity index (χ3n) is 3.01. The van der Waals surface area contributed by atoms with Gasteiger partial charge in [0.1, 0.15) is 0 Å². The molecule has 0 aliphatic heterocycles. The predicted octanol–water partition coefficient (Wildman–Crippen LogP) is 2.89. The van der Waals surface area contributed by atoms with E-state index in [-0.39, 0.29) is 11.9 Å². The fourth-order valence-corrected chi connectivity index (χ4v) is 1.77. The molecule has 3 N–H and O–H groups in total. The average Bonchev–Trinajstić information content (AvgIpc) is 2.36. The highest BCUT2D eigenvalue weighted by Gasteiger charge is 2.10. The number of rotatable bonds is 6. The maximum absolute atomic E-state index is 11.7. The first-order chi connectivity index (χ1) is 8.52. The maximum atomic E-state index is 11.7. The van der Waals surface area contributed by atoms with Gasteiger partial charge in [0.05, 0.1) is 6.04 Å². The van der Waals surface area contributed by atoms with Crippen molar-refractivity contribution in [2.75, 3.05) is 6.54 Å². The molecule has 0 heterocycles. The van der Waals surface area contributed by atoms with E-state index >= 15 is 0 Å². The van der Waals surface area contributed by atoms with E-state index in [2.05, 4.69) is 12.2 Å². The predicted molar refractivity (Wildman–Crippen MR) is 75.5 cm³/mol. The van der Waals surface area contributed by atoms with Gasteiger partial charge in [0, 0.05) is 11.4 Å². The Morgan fingerprint density at radius 1 is 1.33 bits per heavy atom. The van der Waals surface area contributed by atoms with Crippen molar-refractivity contribution < 1.29 is 4.79 Å². The van der Waals surface area contributed by atoms with Crippen molar-refractivity contribution >= 4 is 17.5 Å². The number of benzene rings is 1. The molecular weight excluding hydrogens is 248 g/mol. The molecule has 3 nitrogen and oxygen atoms in total. The Bertz CT molecular complexity index is 378. The van der Waals surface area contributed by atoms with Gasteiger partial charge in [-0.05, 0) is 43.5 Å². The molecule has 0 fully saturated rings. The summed E-state index contributed by atoms with van der Waals surface area (Å²) in [6.45, 7) is 4.64. The average molecular weight is 269 g/mol. The highest BCUT2D eigenvalue weighted by Crippen LogP contribution is 2.16. The van der Waals surface area contributed by atoms with Gasteiger partial charge in [-0.1, -0.05) is 30.7 Å². The van der Waals surface area contributed by atoms with Crippen LogP contribution in [0, 0.1) is 5.92 Å². The van der Waals surface area contributed by atoms with E-state index < -0.39 is 0 Å². The minimum absolute atomic E-state index is 0.00273. The van der Waals surface area contributed by atoms with Gasteiger partial charge >= 0.3 is 0 Å². The number of halogens is 1. The van der Waals surface area contributed by atoms with Crippen LogP contribution >= 0.6 is 11.6 Å². The molecule has 2 atom stereocenters. The molecule has 1 rings (SSSR count). The first-order valence-corrected chi connectivity index (χ1v) is 6.65. The number of carbonyl (C=O) groups excluding carboxylic acids is 1. The summed E-state index contributed by atoms with van der Waals surface area (Å²) in [5, 5.41) is 3.68. The van der Waals surface area contributed by atoms with E-state index in [0.29, 0.717) is 23.9 Å². The molecule has 4 heteroatoms. The van der Waals surface area contributed by atoms with E-state index in [1.807, 2.05) is 31.2 Å². The highest BCUT2D eigenvalue weighted by molar-refractivity contribution is 6.30. The maximum Gasteiger partial charge on any atom is 0.220 e. The number of carbonyl (C=O) groups is 1. The Hall–Kier alpha value is -1.06. The molecule has 0 saturated heterocycles. The summed E-state index contributed by atoms with van der Waals surface area (Å²) >= 11 is 5.82. The molecule has 100 valence electrons. The SMILES string of the molecule is CC(CN)CCC(=O)N[C@H](C)c1ccc(Cl)cc1. The van der Waals surface area contributed by atoms with Gasteiger partial charge in [0.2, 0.25) is 5.91 Å². The lowest BCUT2D eigenvalue weighted by Gasteiger charge is -2.15. The van der Waals surface area contributed by atoms with Crippen LogP contribution in [0.2, 0.25) is 5.02 Å². The number of amides is 1. The Morgan fingerprint density at radius 2 is 1.94 bits per heavy atom. The van der Waals surface area contributed by atoms with Crippen LogP contribution in [0.1, 0.15) is 38.3 Å². The monoisotopic (exact) mass is 268 g/mol. The minimum atomic E-state index is 0.00273. The van der Waals surface area contributed by atoms with Gasteiger partial charge in [0.25, 0.3) is 0 Å². The molecule has 18 heavy (non-hydrogen) atoms. The second-order valence-corrected chi connectivity index (χ2v) is 5.16. The Labute approximate surface area is 114 Å². The minimum Gasteiger partial charge on any atom is -0.350 e. The number of nitrogens with one attached hydrogen (secondary N) is 1. The largest absolute Gasteiger partial charge is 0.350 e. The lowest BCUT2D eigenvalue weighted by molar-refractivity contribution is -0.122. The van der Waals surface area contributed by atoms with Crippen LogP contribution in [0.4, 0.5) is 0 Å². The summed E-state index contributed by atoms with van der Waals surface area (Å²) in [6, 6.07) is 7.51. The van der Waals surface area contributed by atoms with Gasteiger partial charge < -0.3 is 11.1 Å². The zero-order valence-electron chi connectivity index (χ0n) is 10.9. The normalized spacial score (nSPS) is 14.0. The van der Waals surface area contributed by atoms with Gasteiger partial charge in [-0.15, -0.1) is 0 Å². The molecule has 0 radical (unpaired) electrons. The summed E-state index contributed by atoms with van der Waals surface area (Å²) < 4.78 is 0. The third-order valence-corrected chi connectivity index (χ3v) is 3.27. The van der Waals surface area contributed by atoms with Crippen molar-refractivity contribution in [1.82, 2.24) is 5.32 Å². The fraction of sp³-hybridized carbons (Fsp3) is 0.500. The van der Waals surface area contributed by atoms with Gasteiger partial charge in [-0.25, -0.2) is 0 Å². The molecule has 0 aromatic heterocycles. The van der Waals surface area contributed by atoms with Crippen LogP contribution in [0.25, 0.3) is 0 Å². The smallest absolute Gasteiger partial charge is 0.220 e. The van der Waals surface area contributed by atoms with Gasteiger partial charge in [-0.2, -0.15) is 0 Å². The Kier molecular flexibility index (Phi) is 6.16. The first-order valence-electron chi connectivity index (χ1n) is 6.27. The summed E-state index contributed by atoms with van der Waals surface area (Å²) in [4.78, 5) is 11.7. The number of hydrogen-bond acceptors (Lipinski definition) is 2. The second-order valence-electron chi connectivity index (χ2n) is 4.72. The summed E-state index contributed by atoms with van der Waals surface area (Å²) in [6.07, 6.45) is 1.35. The van der Waals surface area contributed by atoms with Crippen molar-refractivity contribution in [2.24, 2.45) is 11.7 Å². The van der Waals surface area contributed by atoms with Crippen LogP contribution in [0.15, 0.2) is 24.3 Å². The van der Waals surface area contributed by atoms with Crippen molar-refractivity contribution in [3.63, 3.8) is 0 Å². The second kappa shape index (κ2) is 7.39. The van der Waals surface area contributed by atoms with E-state index in [0.717, 1.165) is 12.0 Å². The topological polar surface area (TPSA) is 55.1 Å². The third kappa shape index (κ3) is 5.07. The number of hydrogen-bond donors (Lipinski definition) is 2. The van der Waals surface area contributed by atoms with Crippen LogP contribution in [0.3, 0.4) is 0 Å². The standard InChI is InChI=1S/C14H21ClN2O/c1-10(9-16)3-8-14(18)17-11(2)12-4-6-13(15)7-5-12/h4-7,10-11H,3,8-9,16H2,1-2H3,(H,17,18)/t10?,11-/m1/s1. The van der Waals surface area contributed by atoms with Crippen molar-refractivity contribution in [3.05, 3.63) is 34.9 Å². The van der Waals surface area contributed by atoms with Gasteiger partial charge in [-0.3, -0.25) is 4.79 Å². The zero-order valence-corrected chi connectivity index (χ0v) is 11.7. The molecule has 0 bridgehead atoms. The van der Waals surface area contributed by atoms with E-state index in [1.54, 1.807) is 0 Å². The summed E-state index contributed by atoms with van der Waals surface area (Å²) in [5.41, 5.74) is 6.58. The Morgan fingerprint density at radius 3 is 2.50 bits per heavy atom. The molecule has 1 amide bonds. The lowest BCUT2D eigenvalue weighted by Crippen LogP contribution is -2.27. The molecule has 0 aliphatic carbocycles. The van der Waals surface area contributed by atoms with Gasteiger partial charge in [0.15, 0.2) is 0 Å². The zero-order chi connectivity index (χ0) is 13.5. The highest BCUT2D eigenvalue weighted by atomic mass is 35.5. The lowest BCUT2D eigenvalue weighted by atomic mass is 10.0. The van der Waals surface area contributed by atoms with Crippen molar-refractivity contribution in [2.45, 2.75) is 32.7 Å². The van der Waals surface area contributed by atoms with Crippen molar-refractivity contribution in [3.8, 4) is 0 Å². The molecule has 1 unspecified atom stereocenters. The van der Waals surface area contributed by atoms with Crippen LogP contribution in [0.5, 0.6) is 0 Å². The molecule has 0 aliphatic rings. The molecule has 0 spiro atoms. The number of nitrogens with two attached hydrogens (primary N) is 1. The van der Waals surface area contributed by atoms with E-state index in [4.69, 9.17) is 17.3 Å². The van der Waals surface area contributed by atoms with Crippen LogP contribution in [-0.4, -0.2) is 12.5 Å². The van der Waals surface area contributed by atoms with Crippen LogP contribution < -0.4 is 11.1 Å². The summed E-state index contributed by atoms with van der Waals surface area (Å²) in [5.74, 6) is 0.458. The van der Waals surface area contributed by atoms with E-state index in [9.17, 15) is 4.79 Å². The Balaban J connectivity index is 2.42. The molecule has 1 aromatic rings. The van der Waals surface area contributed by atoms with Crippen molar-refractivity contribution in [1.29, 1.82) is 0 Å².